The van der Waals surface area contributed by atoms with E-state index in [4.69, 9.17) is 4.98 Å². The van der Waals surface area contributed by atoms with Gasteiger partial charge in [-0.25, -0.2) is 13.4 Å². The molecule has 2 saturated heterocycles. The van der Waals surface area contributed by atoms with Crippen molar-refractivity contribution in [2.75, 3.05) is 69.2 Å². The standard InChI is InChI=1S/C21H28N8O6S/c1-15-12-20(25-6-4-24(3)5-7-25)23-21(22-15)26-8-10-27(11-9-26)36(34,35)17-13-18(28(30)31)16(2)19(14-17)29(32)33/h12-14H,4-11H2,1-3H3. The van der Waals surface area contributed by atoms with Crippen LogP contribution < -0.4 is 9.80 Å². The first-order chi connectivity index (χ1) is 17.0. The lowest BCUT2D eigenvalue weighted by molar-refractivity contribution is -0.395. The first-order valence-electron chi connectivity index (χ1n) is 11.4. The van der Waals surface area contributed by atoms with Crippen molar-refractivity contribution >= 4 is 33.2 Å². The van der Waals surface area contributed by atoms with Crippen molar-refractivity contribution in [3.63, 3.8) is 0 Å². The number of hydrogen-bond acceptors (Lipinski definition) is 11. The van der Waals surface area contributed by atoms with Gasteiger partial charge in [0, 0.05) is 76.3 Å². The first-order valence-corrected chi connectivity index (χ1v) is 12.9. The second-order valence-corrected chi connectivity index (χ2v) is 10.9. The van der Waals surface area contributed by atoms with Gasteiger partial charge in [-0.2, -0.15) is 9.29 Å². The summed E-state index contributed by atoms with van der Waals surface area (Å²) in [5.74, 6) is 1.35. The summed E-state index contributed by atoms with van der Waals surface area (Å²) in [4.78, 5) is 36.3. The lowest BCUT2D eigenvalue weighted by Gasteiger charge is -2.36. The van der Waals surface area contributed by atoms with Gasteiger partial charge in [-0.3, -0.25) is 20.2 Å². The maximum absolute atomic E-state index is 13.3. The highest BCUT2D eigenvalue weighted by atomic mass is 32.2. The third kappa shape index (κ3) is 5.08. The zero-order valence-corrected chi connectivity index (χ0v) is 21.1. The summed E-state index contributed by atoms with van der Waals surface area (Å²) in [6.07, 6.45) is 0. The molecule has 0 radical (unpaired) electrons. The van der Waals surface area contributed by atoms with Gasteiger partial charge in [-0.15, -0.1) is 0 Å². The van der Waals surface area contributed by atoms with E-state index < -0.39 is 36.1 Å². The molecule has 2 fully saturated rings. The summed E-state index contributed by atoms with van der Waals surface area (Å²) in [6.45, 7) is 7.47. The summed E-state index contributed by atoms with van der Waals surface area (Å²) in [5, 5.41) is 22.8. The van der Waals surface area contributed by atoms with Crippen LogP contribution in [0.3, 0.4) is 0 Å². The molecule has 0 bridgehead atoms. The Morgan fingerprint density at radius 2 is 1.33 bits per heavy atom. The number of anilines is 2. The molecular formula is C21H28N8O6S. The molecule has 194 valence electrons. The van der Waals surface area contributed by atoms with Gasteiger partial charge in [0.25, 0.3) is 11.4 Å². The van der Waals surface area contributed by atoms with Crippen LogP contribution in [-0.2, 0) is 10.0 Å². The second kappa shape index (κ2) is 9.91. The molecule has 0 unspecified atom stereocenters. The zero-order valence-electron chi connectivity index (χ0n) is 20.3. The van der Waals surface area contributed by atoms with Crippen LogP contribution in [0.25, 0.3) is 0 Å². The van der Waals surface area contributed by atoms with E-state index in [9.17, 15) is 28.6 Å². The number of aryl methyl sites for hydroxylation is 1. The Hall–Kier alpha value is -3.43. The van der Waals surface area contributed by atoms with Gasteiger partial charge >= 0.3 is 0 Å². The average molecular weight is 521 g/mol. The van der Waals surface area contributed by atoms with Gasteiger partial charge in [0.05, 0.1) is 14.7 Å². The molecule has 36 heavy (non-hydrogen) atoms. The lowest BCUT2D eigenvalue weighted by atomic mass is 10.1. The van der Waals surface area contributed by atoms with Crippen molar-refractivity contribution < 1.29 is 18.3 Å². The molecule has 0 N–H and O–H groups in total. The highest BCUT2D eigenvalue weighted by Gasteiger charge is 2.34. The quantitative estimate of drug-likeness (QED) is 0.397. The van der Waals surface area contributed by atoms with Crippen LogP contribution in [0, 0.1) is 34.1 Å². The fourth-order valence-electron chi connectivity index (χ4n) is 4.34. The third-order valence-corrected chi connectivity index (χ3v) is 8.41. The Kier molecular flexibility index (Phi) is 7.06. The molecule has 0 aliphatic carbocycles. The van der Waals surface area contributed by atoms with E-state index in [-0.39, 0.29) is 18.7 Å². The topological polar surface area (TPSA) is 159 Å². The number of sulfonamides is 1. The van der Waals surface area contributed by atoms with Gasteiger partial charge in [-0.05, 0) is 20.9 Å². The summed E-state index contributed by atoms with van der Waals surface area (Å²) in [7, 11) is -2.11. The van der Waals surface area contributed by atoms with Gasteiger partial charge in [0.15, 0.2) is 0 Å². The second-order valence-electron chi connectivity index (χ2n) is 8.95. The van der Waals surface area contributed by atoms with E-state index in [0.717, 1.165) is 49.8 Å². The van der Waals surface area contributed by atoms with Crippen LogP contribution in [0.5, 0.6) is 0 Å². The smallest absolute Gasteiger partial charge is 0.280 e. The highest BCUT2D eigenvalue weighted by molar-refractivity contribution is 7.89. The molecule has 1 aromatic carbocycles. The van der Waals surface area contributed by atoms with Crippen LogP contribution in [0.2, 0.25) is 0 Å². The zero-order chi connectivity index (χ0) is 26.2. The number of nitrogens with zero attached hydrogens (tertiary/aromatic N) is 8. The first kappa shape index (κ1) is 25.7. The number of piperazine rings is 2. The molecule has 14 nitrogen and oxygen atoms in total. The van der Waals surface area contributed by atoms with Crippen LogP contribution in [0.1, 0.15) is 11.3 Å². The molecule has 0 saturated carbocycles. The molecule has 3 heterocycles. The van der Waals surface area contributed by atoms with Crippen LogP contribution in [0.15, 0.2) is 23.1 Å². The Balaban J connectivity index is 1.53. The summed E-state index contributed by atoms with van der Waals surface area (Å²) in [6, 6.07) is 3.71. The van der Waals surface area contributed by atoms with E-state index in [0.29, 0.717) is 19.0 Å². The van der Waals surface area contributed by atoms with Crippen molar-refractivity contribution in [2.45, 2.75) is 18.7 Å². The van der Waals surface area contributed by atoms with Crippen LogP contribution in [-0.4, -0.2) is 96.8 Å². The Morgan fingerprint density at radius 1 is 0.806 bits per heavy atom. The summed E-state index contributed by atoms with van der Waals surface area (Å²) in [5.41, 5.74) is -0.596. The minimum absolute atomic E-state index is 0.0823. The van der Waals surface area contributed by atoms with E-state index in [2.05, 4.69) is 21.8 Å². The number of rotatable bonds is 6. The van der Waals surface area contributed by atoms with Gasteiger partial charge in [-0.1, -0.05) is 0 Å². The highest BCUT2D eigenvalue weighted by Crippen LogP contribution is 2.33. The minimum atomic E-state index is -4.19. The van der Waals surface area contributed by atoms with Crippen molar-refractivity contribution in [1.29, 1.82) is 0 Å². The Morgan fingerprint density at radius 3 is 1.86 bits per heavy atom. The molecule has 2 aromatic rings. The SMILES string of the molecule is Cc1cc(N2CCN(C)CC2)nc(N2CCN(S(=O)(=O)c3cc([N+](=O)[O-])c(C)c([N+](=O)[O-])c3)CC2)n1. The predicted molar refractivity (Wildman–Crippen MR) is 132 cm³/mol. The molecule has 0 spiro atoms. The van der Waals surface area contributed by atoms with Crippen molar-refractivity contribution in [2.24, 2.45) is 0 Å². The summed E-state index contributed by atoms with van der Waals surface area (Å²) >= 11 is 0. The number of aromatic nitrogens is 2. The van der Waals surface area contributed by atoms with Crippen molar-refractivity contribution in [3.05, 3.63) is 49.7 Å². The summed E-state index contributed by atoms with van der Waals surface area (Å²) < 4.78 is 27.7. The van der Waals surface area contributed by atoms with Crippen LogP contribution >= 0.6 is 0 Å². The maximum atomic E-state index is 13.3. The largest absolute Gasteiger partial charge is 0.354 e. The maximum Gasteiger partial charge on any atom is 0.280 e. The molecule has 0 atom stereocenters. The molecule has 1 aromatic heterocycles. The predicted octanol–water partition coefficient (Wildman–Crippen LogP) is 1.17. The third-order valence-electron chi connectivity index (χ3n) is 6.54. The van der Waals surface area contributed by atoms with E-state index in [1.54, 1.807) is 0 Å². The van der Waals surface area contributed by atoms with E-state index in [1.807, 2.05) is 17.9 Å². The van der Waals surface area contributed by atoms with Gasteiger partial charge in [0.1, 0.15) is 11.4 Å². The lowest BCUT2D eigenvalue weighted by Crippen LogP contribution is -2.49. The van der Waals surface area contributed by atoms with Gasteiger partial charge in [0.2, 0.25) is 16.0 Å². The Labute approximate surface area is 208 Å². The number of hydrogen-bond donors (Lipinski definition) is 0. The number of benzene rings is 1. The number of nitro benzene ring substituents is 2. The molecular weight excluding hydrogens is 492 g/mol. The number of likely N-dealkylation sites (N-methyl/N-ethyl adjacent to an activating group) is 1. The number of nitro groups is 2. The van der Waals surface area contributed by atoms with Gasteiger partial charge < -0.3 is 14.7 Å². The normalized spacial score (nSPS) is 17.9. The monoisotopic (exact) mass is 520 g/mol. The fraction of sp³-hybridized carbons (Fsp3) is 0.524. The van der Waals surface area contributed by atoms with E-state index in [1.165, 1.54) is 11.2 Å². The van der Waals surface area contributed by atoms with E-state index >= 15 is 0 Å². The average Bonchev–Trinajstić information content (AvgIpc) is 2.83. The Bertz CT molecular complexity index is 1250. The molecule has 0 amide bonds. The van der Waals surface area contributed by atoms with Crippen molar-refractivity contribution in [3.8, 4) is 0 Å². The molecule has 2 aliphatic rings. The molecule has 15 heteroatoms. The fourth-order valence-corrected chi connectivity index (χ4v) is 5.80. The van der Waals surface area contributed by atoms with Crippen LogP contribution in [0.4, 0.5) is 23.1 Å². The van der Waals surface area contributed by atoms with Crippen molar-refractivity contribution in [1.82, 2.24) is 19.2 Å². The minimum Gasteiger partial charge on any atom is -0.354 e. The molecule has 4 rings (SSSR count). The molecule has 2 aliphatic heterocycles.